The fourth-order valence-corrected chi connectivity index (χ4v) is 12.3. The molecular formula is C77H150O6. The Morgan fingerprint density at radius 2 is 0.325 bits per heavy atom. The molecule has 0 aliphatic heterocycles. The van der Waals surface area contributed by atoms with Crippen LogP contribution in [0.1, 0.15) is 457 Å². The molecule has 0 rings (SSSR count). The Morgan fingerprint density at radius 3 is 0.482 bits per heavy atom. The highest BCUT2D eigenvalue weighted by molar-refractivity contribution is 5.71. The summed E-state index contributed by atoms with van der Waals surface area (Å²) in [5.41, 5.74) is 0. The van der Waals surface area contributed by atoms with Crippen molar-refractivity contribution in [2.45, 2.75) is 463 Å². The molecule has 6 heteroatoms. The van der Waals surface area contributed by atoms with E-state index in [1.54, 1.807) is 0 Å². The predicted molar refractivity (Wildman–Crippen MR) is 363 cm³/mol. The van der Waals surface area contributed by atoms with Crippen molar-refractivity contribution < 1.29 is 28.6 Å². The molecule has 0 bridgehead atoms. The predicted octanol–water partition coefficient (Wildman–Crippen LogP) is 26.6. The van der Waals surface area contributed by atoms with E-state index < -0.39 is 6.10 Å². The van der Waals surface area contributed by atoms with E-state index in [2.05, 4.69) is 20.8 Å². The van der Waals surface area contributed by atoms with Gasteiger partial charge in [0.1, 0.15) is 13.2 Å². The first-order valence-electron chi connectivity index (χ1n) is 38.5. The van der Waals surface area contributed by atoms with E-state index in [0.717, 1.165) is 57.8 Å². The Morgan fingerprint density at radius 1 is 0.193 bits per heavy atom. The second-order valence-corrected chi connectivity index (χ2v) is 26.6. The third-order valence-corrected chi connectivity index (χ3v) is 18.1. The van der Waals surface area contributed by atoms with Crippen LogP contribution >= 0.6 is 0 Å². The second kappa shape index (κ2) is 72.9. The van der Waals surface area contributed by atoms with Crippen molar-refractivity contribution >= 4 is 17.9 Å². The Kier molecular flexibility index (Phi) is 71.5. The van der Waals surface area contributed by atoms with Crippen LogP contribution in [0.4, 0.5) is 0 Å². The van der Waals surface area contributed by atoms with Crippen LogP contribution in [-0.4, -0.2) is 37.2 Å². The molecule has 494 valence electrons. The van der Waals surface area contributed by atoms with Gasteiger partial charge in [0, 0.05) is 19.3 Å². The first kappa shape index (κ1) is 81.4. The lowest BCUT2D eigenvalue weighted by molar-refractivity contribution is -0.167. The zero-order valence-corrected chi connectivity index (χ0v) is 57.0. The summed E-state index contributed by atoms with van der Waals surface area (Å²) in [5.74, 6) is -0.826. The molecule has 83 heavy (non-hydrogen) atoms. The van der Waals surface area contributed by atoms with Crippen molar-refractivity contribution in [2.24, 2.45) is 0 Å². The van der Waals surface area contributed by atoms with Crippen LogP contribution in [0.5, 0.6) is 0 Å². The maximum absolute atomic E-state index is 12.9. The molecule has 0 spiro atoms. The van der Waals surface area contributed by atoms with Gasteiger partial charge in [-0.3, -0.25) is 14.4 Å². The highest BCUT2D eigenvalue weighted by atomic mass is 16.6. The maximum atomic E-state index is 12.9. The van der Waals surface area contributed by atoms with Gasteiger partial charge in [-0.05, 0) is 19.3 Å². The molecular weight excluding hydrogens is 1020 g/mol. The van der Waals surface area contributed by atoms with Gasteiger partial charge in [-0.15, -0.1) is 0 Å². The topological polar surface area (TPSA) is 78.9 Å². The third-order valence-electron chi connectivity index (χ3n) is 18.1. The lowest BCUT2D eigenvalue weighted by atomic mass is 10.0. The fraction of sp³-hybridized carbons (Fsp3) is 0.961. The Hall–Kier alpha value is -1.59. The van der Waals surface area contributed by atoms with Crippen LogP contribution in [-0.2, 0) is 28.6 Å². The molecule has 1 unspecified atom stereocenters. The quantitative estimate of drug-likeness (QED) is 0.0343. The molecule has 6 nitrogen and oxygen atoms in total. The van der Waals surface area contributed by atoms with Gasteiger partial charge < -0.3 is 14.2 Å². The molecule has 0 N–H and O–H groups in total. The van der Waals surface area contributed by atoms with Crippen LogP contribution < -0.4 is 0 Å². The first-order valence-corrected chi connectivity index (χ1v) is 38.5. The summed E-state index contributed by atoms with van der Waals surface area (Å²) >= 11 is 0. The van der Waals surface area contributed by atoms with E-state index in [1.165, 1.54) is 360 Å². The summed E-state index contributed by atoms with van der Waals surface area (Å²) in [5, 5.41) is 0. The molecule has 0 radical (unpaired) electrons. The highest BCUT2D eigenvalue weighted by Gasteiger charge is 2.20. The fourth-order valence-electron chi connectivity index (χ4n) is 12.3. The minimum atomic E-state index is -0.763. The highest BCUT2D eigenvalue weighted by Crippen LogP contribution is 2.20. The van der Waals surface area contributed by atoms with Gasteiger partial charge in [0.25, 0.3) is 0 Å². The van der Waals surface area contributed by atoms with Crippen molar-refractivity contribution in [3.8, 4) is 0 Å². The Bertz CT molecular complexity index is 1250. The minimum absolute atomic E-state index is 0.0608. The van der Waals surface area contributed by atoms with E-state index in [1.807, 2.05) is 0 Å². The number of ether oxygens (including phenoxy) is 3. The van der Waals surface area contributed by atoms with Crippen molar-refractivity contribution in [1.29, 1.82) is 0 Å². The summed E-state index contributed by atoms with van der Waals surface area (Å²) < 4.78 is 17.0. The van der Waals surface area contributed by atoms with Gasteiger partial charge in [-0.2, -0.15) is 0 Å². The summed E-state index contributed by atoms with van der Waals surface area (Å²) in [6.45, 7) is 6.72. The number of rotatable bonds is 73. The van der Waals surface area contributed by atoms with Gasteiger partial charge in [0.15, 0.2) is 6.10 Å². The molecule has 0 saturated heterocycles. The molecule has 1 atom stereocenters. The zero-order valence-electron chi connectivity index (χ0n) is 57.0. The maximum Gasteiger partial charge on any atom is 0.306 e. The summed E-state index contributed by atoms with van der Waals surface area (Å²) in [6.07, 6.45) is 87.7. The Balaban J connectivity index is 3.97. The van der Waals surface area contributed by atoms with E-state index >= 15 is 0 Å². The summed E-state index contributed by atoms with van der Waals surface area (Å²) in [6, 6.07) is 0. The summed E-state index contributed by atoms with van der Waals surface area (Å²) in [4.78, 5) is 38.3. The van der Waals surface area contributed by atoms with Gasteiger partial charge in [-0.1, -0.05) is 419 Å². The number of hydrogen-bond acceptors (Lipinski definition) is 6. The molecule has 0 amide bonds. The van der Waals surface area contributed by atoms with Crippen molar-refractivity contribution in [3.63, 3.8) is 0 Å². The second-order valence-electron chi connectivity index (χ2n) is 26.6. The van der Waals surface area contributed by atoms with Crippen LogP contribution in [0, 0.1) is 0 Å². The number of esters is 3. The first-order chi connectivity index (χ1) is 41.0. The van der Waals surface area contributed by atoms with Crippen LogP contribution in [0.2, 0.25) is 0 Å². The van der Waals surface area contributed by atoms with Gasteiger partial charge >= 0.3 is 17.9 Å². The van der Waals surface area contributed by atoms with Crippen LogP contribution in [0.3, 0.4) is 0 Å². The molecule has 0 heterocycles. The molecule has 0 aromatic rings. The van der Waals surface area contributed by atoms with Gasteiger partial charge in [0.05, 0.1) is 0 Å². The third kappa shape index (κ3) is 71.1. The number of unbranched alkanes of at least 4 members (excludes halogenated alkanes) is 62. The van der Waals surface area contributed by atoms with Gasteiger partial charge in [-0.25, -0.2) is 0 Å². The van der Waals surface area contributed by atoms with Crippen molar-refractivity contribution in [2.75, 3.05) is 13.2 Å². The molecule has 0 aromatic carbocycles. The van der Waals surface area contributed by atoms with Crippen LogP contribution in [0.25, 0.3) is 0 Å². The Labute approximate surface area is 520 Å². The van der Waals surface area contributed by atoms with Crippen molar-refractivity contribution in [1.82, 2.24) is 0 Å². The zero-order chi connectivity index (χ0) is 59.9. The van der Waals surface area contributed by atoms with E-state index in [0.29, 0.717) is 19.3 Å². The van der Waals surface area contributed by atoms with E-state index in [-0.39, 0.29) is 31.1 Å². The lowest BCUT2D eigenvalue weighted by Gasteiger charge is -2.18. The van der Waals surface area contributed by atoms with E-state index in [4.69, 9.17) is 14.2 Å². The molecule has 0 aromatic heterocycles. The standard InChI is InChI=1S/C77H150O6/c1-4-7-10-13-16-19-21-23-25-27-29-31-33-35-37-38-39-40-41-43-44-46-48-50-52-54-56-58-61-64-67-70-76(79)82-73-74(72-81-75(78)69-66-63-60-18-15-12-9-6-3)83-77(80)71-68-65-62-59-57-55-53-51-49-47-45-42-36-34-32-30-28-26-24-22-20-17-14-11-8-5-2/h74H,4-73H2,1-3H3. The van der Waals surface area contributed by atoms with Gasteiger partial charge in [0.2, 0.25) is 0 Å². The molecule has 0 aliphatic rings. The minimum Gasteiger partial charge on any atom is -0.462 e. The lowest BCUT2D eigenvalue weighted by Crippen LogP contribution is -2.30. The molecule has 0 fully saturated rings. The average molecular weight is 1170 g/mol. The molecule has 0 aliphatic carbocycles. The number of carbonyl (C=O) groups is 3. The average Bonchev–Trinajstić information content (AvgIpc) is 3.49. The SMILES string of the molecule is CCCCCCCCCCCCCCCCCCCCCCCCCCCCCCCCCC(=O)OCC(COC(=O)CCCCCCCCCC)OC(=O)CCCCCCCCCCCCCCCCCCCCCCCCCCCC. The van der Waals surface area contributed by atoms with Crippen molar-refractivity contribution in [3.05, 3.63) is 0 Å². The number of hydrogen-bond donors (Lipinski definition) is 0. The normalized spacial score (nSPS) is 11.9. The monoisotopic (exact) mass is 1170 g/mol. The molecule has 0 saturated carbocycles. The largest absolute Gasteiger partial charge is 0.462 e. The number of carbonyl (C=O) groups excluding carboxylic acids is 3. The smallest absolute Gasteiger partial charge is 0.306 e. The summed E-state index contributed by atoms with van der Waals surface area (Å²) in [7, 11) is 0. The van der Waals surface area contributed by atoms with Crippen LogP contribution in [0.15, 0.2) is 0 Å². The van der Waals surface area contributed by atoms with E-state index in [9.17, 15) is 14.4 Å².